The van der Waals surface area contributed by atoms with Crippen LogP contribution in [-0.2, 0) is 20.8 Å². The van der Waals surface area contributed by atoms with Crippen LogP contribution in [0.2, 0.25) is 0 Å². The van der Waals surface area contributed by atoms with E-state index in [1.807, 2.05) is 30.5 Å². The largest absolute Gasteiger partial charge is 0.463 e. The number of fused-ring (bicyclic) bond motifs is 1. The van der Waals surface area contributed by atoms with Gasteiger partial charge in [-0.1, -0.05) is 17.4 Å². The monoisotopic (exact) mass is 511 g/mol. The van der Waals surface area contributed by atoms with Crippen LogP contribution < -0.4 is 14.9 Å². The minimum Gasteiger partial charge on any atom is -0.463 e. The Morgan fingerprint density at radius 1 is 1.34 bits per heavy atom. The molecule has 1 saturated heterocycles. The third-order valence-electron chi connectivity index (χ3n) is 6.64. The number of aromatic nitrogens is 2. The van der Waals surface area contributed by atoms with Crippen molar-refractivity contribution in [3.63, 3.8) is 0 Å². The van der Waals surface area contributed by atoms with Gasteiger partial charge in [0.1, 0.15) is 6.04 Å². The molecular weight excluding hydrogens is 482 g/mol. The molecule has 184 valence electrons. The molecule has 5 heterocycles. The molecule has 5 rings (SSSR count). The molecule has 3 aromatic heterocycles. The Balaban J connectivity index is 1.61. The van der Waals surface area contributed by atoms with Crippen LogP contribution in [0.5, 0.6) is 0 Å². The van der Waals surface area contributed by atoms with Crippen LogP contribution in [0.15, 0.2) is 44.6 Å². The lowest BCUT2D eigenvalue weighted by molar-refractivity contribution is -0.139. The minimum atomic E-state index is -0.542. The first-order valence-electron chi connectivity index (χ1n) is 11.9. The van der Waals surface area contributed by atoms with Crippen molar-refractivity contribution in [2.75, 3.05) is 13.2 Å². The van der Waals surface area contributed by atoms with E-state index in [0.29, 0.717) is 20.6 Å². The molecule has 0 aliphatic carbocycles. The lowest BCUT2D eigenvalue weighted by Gasteiger charge is -2.23. The zero-order chi connectivity index (χ0) is 24.7. The number of ether oxygens (including phenoxy) is 2. The lowest BCUT2D eigenvalue weighted by atomic mass is 10.0. The fraction of sp³-hybridized carbons (Fsp3) is 0.423. The van der Waals surface area contributed by atoms with E-state index in [1.54, 1.807) is 11.5 Å². The van der Waals surface area contributed by atoms with Crippen molar-refractivity contribution >= 4 is 34.7 Å². The fourth-order valence-electron chi connectivity index (χ4n) is 4.90. The molecule has 1 fully saturated rings. The van der Waals surface area contributed by atoms with Gasteiger partial charge in [-0.2, -0.15) is 0 Å². The molecule has 3 aromatic rings. The highest BCUT2D eigenvalue weighted by Gasteiger charge is 2.34. The molecule has 7 nitrogen and oxygen atoms in total. The molecule has 0 saturated carbocycles. The topological polar surface area (TPSA) is 74.8 Å². The molecule has 2 aliphatic rings. The number of carbonyl (C=O) groups is 1. The average molecular weight is 512 g/mol. The normalized spacial score (nSPS) is 20.3. The van der Waals surface area contributed by atoms with E-state index in [2.05, 4.69) is 29.5 Å². The predicted octanol–water partition coefficient (Wildman–Crippen LogP) is 3.46. The first-order chi connectivity index (χ1) is 16.9. The summed E-state index contributed by atoms with van der Waals surface area (Å²) in [7, 11) is 0. The second-order valence-electron chi connectivity index (χ2n) is 8.89. The van der Waals surface area contributed by atoms with Crippen molar-refractivity contribution in [1.29, 1.82) is 0 Å². The summed E-state index contributed by atoms with van der Waals surface area (Å²) in [4.78, 5) is 32.8. The van der Waals surface area contributed by atoms with E-state index in [0.717, 1.165) is 47.8 Å². The molecule has 0 radical (unpaired) electrons. The third kappa shape index (κ3) is 4.37. The van der Waals surface area contributed by atoms with Crippen molar-refractivity contribution in [3.8, 4) is 0 Å². The van der Waals surface area contributed by atoms with Crippen molar-refractivity contribution in [2.24, 2.45) is 4.99 Å². The molecule has 0 N–H and O–H groups in total. The quantitative estimate of drug-likeness (QED) is 0.475. The lowest BCUT2D eigenvalue weighted by Crippen LogP contribution is -2.39. The molecule has 35 heavy (non-hydrogen) atoms. The van der Waals surface area contributed by atoms with E-state index >= 15 is 0 Å². The molecule has 0 unspecified atom stereocenters. The number of rotatable bonds is 6. The van der Waals surface area contributed by atoms with E-state index < -0.39 is 12.0 Å². The Labute approximate surface area is 211 Å². The zero-order valence-electron chi connectivity index (χ0n) is 20.4. The number of hydrogen-bond donors (Lipinski definition) is 0. The Morgan fingerprint density at radius 3 is 2.86 bits per heavy atom. The van der Waals surface area contributed by atoms with Crippen LogP contribution in [0.1, 0.15) is 54.6 Å². The SMILES string of the molecule is CCOC(=O)C1=C(C)N=c2s/c(=C\c3cc(C)n(C[C@H]4CCCO4)c3C)c(=O)n2[C@H]1c1cccs1. The molecule has 0 aromatic carbocycles. The van der Waals surface area contributed by atoms with Crippen molar-refractivity contribution in [2.45, 2.75) is 59.2 Å². The second kappa shape index (κ2) is 9.72. The molecule has 0 amide bonds. The highest BCUT2D eigenvalue weighted by atomic mass is 32.1. The van der Waals surface area contributed by atoms with Gasteiger partial charge < -0.3 is 14.0 Å². The number of aryl methyl sites for hydroxylation is 1. The van der Waals surface area contributed by atoms with Gasteiger partial charge in [0.15, 0.2) is 4.80 Å². The number of thiophene rings is 1. The third-order valence-corrected chi connectivity index (χ3v) is 8.55. The van der Waals surface area contributed by atoms with Gasteiger partial charge in [-0.15, -0.1) is 11.3 Å². The highest BCUT2D eigenvalue weighted by Crippen LogP contribution is 2.33. The van der Waals surface area contributed by atoms with Gasteiger partial charge in [-0.3, -0.25) is 9.36 Å². The molecule has 2 atom stereocenters. The van der Waals surface area contributed by atoms with Crippen LogP contribution >= 0.6 is 22.7 Å². The van der Waals surface area contributed by atoms with Crippen molar-refractivity contribution in [3.05, 3.63) is 76.4 Å². The van der Waals surface area contributed by atoms with Gasteiger partial charge in [-0.05, 0) is 69.7 Å². The highest BCUT2D eigenvalue weighted by molar-refractivity contribution is 7.10. The molecular formula is C26H29N3O4S2. The maximum Gasteiger partial charge on any atom is 0.338 e. The van der Waals surface area contributed by atoms with Crippen molar-refractivity contribution < 1.29 is 14.3 Å². The number of thiazole rings is 1. The van der Waals surface area contributed by atoms with Crippen molar-refractivity contribution in [1.82, 2.24) is 9.13 Å². The molecule has 9 heteroatoms. The van der Waals surface area contributed by atoms with E-state index in [4.69, 9.17) is 9.47 Å². The molecule has 0 spiro atoms. The second-order valence-corrected chi connectivity index (χ2v) is 10.9. The summed E-state index contributed by atoms with van der Waals surface area (Å²) in [6.45, 7) is 9.68. The van der Waals surface area contributed by atoms with Gasteiger partial charge in [0, 0.05) is 29.4 Å². The van der Waals surface area contributed by atoms with Gasteiger partial charge in [0.2, 0.25) is 0 Å². The summed E-state index contributed by atoms with van der Waals surface area (Å²) < 4.78 is 15.7. The summed E-state index contributed by atoms with van der Waals surface area (Å²) in [6, 6.07) is 5.45. The summed E-state index contributed by atoms with van der Waals surface area (Å²) in [5.41, 5.74) is 4.13. The van der Waals surface area contributed by atoms with E-state index in [-0.39, 0.29) is 18.3 Å². The Hall–Kier alpha value is -2.75. The van der Waals surface area contributed by atoms with Gasteiger partial charge in [0.05, 0.1) is 28.5 Å². The van der Waals surface area contributed by atoms with E-state index in [9.17, 15) is 9.59 Å². The summed E-state index contributed by atoms with van der Waals surface area (Å²) >= 11 is 2.87. The average Bonchev–Trinajstić information content (AvgIpc) is 3.61. The molecule has 0 bridgehead atoms. The Bertz CT molecular complexity index is 1470. The standard InChI is InChI=1S/C26H29N3O4S2/c1-5-32-25(31)22-16(3)27-26-29(23(22)20-9-7-11-34-20)24(30)21(35-26)13-18-12-15(2)28(17(18)4)14-19-8-6-10-33-19/h7,9,11-13,19,23H,5-6,8,10,14H2,1-4H3/b21-13-/t19-,23+/m1/s1. The Kier molecular flexibility index (Phi) is 6.65. The maximum absolute atomic E-state index is 13.7. The van der Waals surface area contributed by atoms with Crippen LogP contribution in [-0.4, -0.2) is 34.4 Å². The predicted molar refractivity (Wildman–Crippen MR) is 138 cm³/mol. The number of allylic oxidation sites excluding steroid dienone is 1. The number of hydrogen-bond acceptors (Lipinski definition) is 7. The smallest absolute Gasteiger partial charge is 0.338 e. The van der Waals surface area contributed by atoms with Crippen LogP contribution in [0.3, 0.4) is 0 Å². The maximum atomic E-state index is 13.7. The Morgan fingerprint density at radius 2 is 2.17 bits per heavy atom. The zero-order valence-corrected chi connectivity index (χ0v) is 22.0. The first-order valence-corrected chi connectivity index (χ1v) is 13.6. The number of esters is 1. The van der Waals surface area contributed by atoms with Crippen LogP contribution in [0.25, 0.3) is 6.08 Å². The molecule has 2 aliphatic heterocycles. The van der Waals surface area contributed by atoms with Gasteiger partial charge >= 0.3 is 5.97 Å². The van der Waals surface area contributed by atoms with Gasteiger partial charge in [0.25, 0.3) is 5.56 Å². The van der Waals surface area contributed by atoms with Gasteiger partial charge in [-0.25, -0.2) is 9.79 Å². The number of carbonyl (C=O) groups excluding carboxylic acids is 1. The summed E-state index contributed by atoms with van der Waals surface area (Å²) in [6.07, 6.45) is 4.38. The summed E-state index contributed by atoms with van der Waals surface area (Å²) in [5, 5.41) is 1.95. The summed E-state index contributed by atoms with van der Waals surface area (Å²) in [5.74, 6) is -0.431. The fourth-order valence-corrected chi connectivity index (χ4v) is 6.76. The van der Waals surface area contributed by atoms with E-state index in [1.165, 1.54) is 22.7 Å². The van der Waals surface area contributed by atoms with Crippen LogP contribution in [0, 0.1) is 13.8 Å². The minimum absolute atomic E-state index is 0.148. The van der Waals surface area contributed by atoms with Crippen LogP contribution in [0.4, 0.5) is 0 Å². The number of nitrogens with zero attached hydrogens (tertiary/aromatic N) is 3. The first kappa shape index (κ1) is 24.0.